The van der Waals surface area contributed by atoms with Gasteiger partial charge in [0.15, 0.2) is 0 Å². The van der Waals surface area contributed by atoms with E-state index in [-0.39, 0.29) is 23.3 Å². The number of piperidine rings is 1. The Labute approximate surface area is 128 Å². The number of amides is 1. The van der Waals surface area contributed by atoms with E-state index < -0.39 is 0 Å². The Morgan fingerprint density at radius 3 is 2.48 bits per heavy atom. The second-order valence-electron chi connectivity index (χ2n) is 7.02. The molecule has 0 saturated carbocycles. The number of ether oxygens (including phenoxy) is 1. The first kappa shape index (κ1) is 18.0. The Kier molecular flexibility index (Phi) is 6.65. The van der Waals surface area contributed by atoms with Crippen molar-refractivity contribution in [2.75, 3.05) is 26.7 Å². The van der Waals surface area contributed by atoms with Gasteiger partial charge < -0.3 is 15.0 Å². The Bertz CT molecular complexity index is 363. The minimum absolute atomic E-state index is 0.0946. The number of esters is 1. The fraction of sp³-hybridized carbons (Fsp3) is 0.875. The van der Waals surface area contributed by atoms with Gasteiger partial charge in [-0.3, -0.25) is 9.59 Å². The summed E-state index contributed by atoms with van der Waals surface area (Å²) in [6, 6.07) is 0.174. The smallest absolute Gasteiger partial charge is 0.306 e. The van der Waals surface area contributed by atoms with Crippen molar-refractivity contribution in [3.63, 3.8) is 0 Å². The first-order valence-electron chi connectivity index (χ1n) is 7.86. The minimum atomic E-state index is -0.365. The molecule has 0 radical (unpaired) electrons. The highest BCUT2D eigenvalue weighted by atomic mass is 16.5. The summed E-state index contributed by atoms with van der Waals surface area (Å²) >= 11 is 0. The summed E-state index contributed by atoms with van der Waals surface area (Å²) in [5.74, 6) is 0.489. The Balaban J connectivity index is 2.56. The van der Waals surface area contributed by atoms with Gasteiger partial charge >= 0.3 is 5.97 Å². The molecule has 1 aliphatic rings. The number of hydrogen-bond donors (Lipinski definition) is 1. The number of methoxy groups -OCH3 is 1. The third-order valence-corrected chi connectivity index (χ3v) is 4.07. The van der Waals surface area contributed by atoms with E-state index in [0.29, 0.717) is 18.9 Å². The van der Waals surface area contributed by atoms with Crippen molar-refractivity contribution in [2.24, 2.45) is 11.3 Å². The van der Waals surface area contributed by atoms with Crippen molar-refractivity contribution in [2.45, 2.75) is 53.0 Å². The van der Waals surface area contributed by atoms with Gasteiger partial charge in [-0.2, -0.15) is 0 Å². The summed E-state index contributed by atoms with van der Waals surface area (Å²) in [5, 5.41) is 3.16. The number of nitrogens with zero attached hydrogens (tertiary/aromatic N) is 1. The zero-order valence-electron chi connectivity index (χ0n) is 14.1. The molecule has 1 rings (SSSR count). The van der Waals surface area contributed by atoms with Crippen LogP contribution < -0.4 is 5.32 Å². The number of carbonyl (C=O) groups is 2. The van der Waals surface area contributed by atoms with E-state index in [1.54, 1.807) is 0 Å². The van der Waals surface area contributed by atoms with Crippen LogP contribution in [-0.4, -0.2) is 49.6 Å². The van der Waals surface area contributed by atoms with Crippen LogP contribution >= 0.6 is 0 Å². The zero-order chi connectivity index (χ0) is 16.0. The lowest BCUT2D eigenvalue weighted by Crippen LogP contribution is -2.53. The van der Waals surface area contributed by atoms with Crippen LogP contribution in [0.4, 0.5) is 0 Å². The van der Waals surface area contributed by atoms with Gasteiger partial charge in [0.2, 0.25) is 5.91 Å². The molecule has 122 valence electrons. The average molecular weight is 298 g/mol. The van der Waals surface area contributed by atoms with Crippen molar-refractivity contribution < 1.29 is 14.3 Å². The molecule has 1 saturated heterocycles. The van der Waals surface area contributed by atoms with Crippen molar-refractivity contribution in [3.8, 4) is 0 Å². The quantitative estimate of drug-likeness (QED) is 0.787. The lowest BCUT2D eigenvalue weighted by Gasteiger charge is -2.38. The first-order valence-corrected chi connectivity index (χ1v) is 7.86. The molecule has 0 aliphatic carbocycles. The molecule has 0 bridgehead atoms. The second-order valence-corrected chi connectivity index (χ2v) is 7.02. The highest BCUT2D eigenvalue weighted by molar-refractivity contribution is 5.81. The second kappa shape index (κ2) is 7.78. The van der Waals surface area contributed by atoms with Crippen LogP contribution in [0.15, 0.2) is 0 Å². The van der Waals surface area contributed by atoms with Crippen LogP contribution in [0.1, 0.15) is 47.0 Å². The predicted molar refractivity (Wildman–Crippen MR) is 82.9 cm³/mol. The van der Waals surface area contributed by atoms with Crippen LogP contribution in [0, 0.1) is 11.3 Å². The molecule has 1 N–H and O–H groups in total. The van der Waals surface area contributed by atoms with Crippen LogP contribution in [-0.2, 0) is 14.3 Å². The van der Waals surface area contributed by atoms with E-state index in [0.717, 1.165) is 25.9 Å². The summed E-state index contributed by atoms with van der Waals surface area (Å²) in [5.41, 5.74) is -0.365. The standard InChI is InChI=1S/C16H30N2O3/c1-6-12-9-13(17-15(20)16(2,3)4)11-18(10-12)8-7-14(19)21-5/h12-13H,6-11H2,1-5H3,(H,17,20). The lowest BCUT2D eigenvalue weighted by atomic mass is 9.90. The molecule has 2 atom stereocenters. The summed E-state index contributed by atoms with van der Waals surface area (Å²) in [6.07, 6.45) is 2.52. The molecule has 0 spiro atoms. The van der Waals surface area contributed by atoms with Crippen LogP contribution in [0.25, 0.3) is 0 Å². The molecule has 2 unspecified atom stereocenters. The number of hydrogen-bond acceptors (Lipinski definition) is 4. The molecule has 0 aromatic carbocycles. The van der Waals surface area contributed by atoms with E-state index in [1.807, 2.05) is 20.8 Å². The van der Waals surface area contributed by atoms with Crippen molar-refractivity contribution in [1.82, 2.24) is 10.2 Å². The van der Waals surface area contributed by atoms with Gasteiger partial charge in [-0.25, -0.2) is 0 Å². The molecule has 1 fully saturated rings. The topological polar surface area (TPSA) is 58.6 Å². The zero-order valence-corrected chi connectivity index (χ0v) is 14.1. The largest absolute Gasteiger partial charge is 0.469 e. The monoisotopic (exact) mass is 298 g/mol. The highest BCUT2D eigenvalue weighted by Gasteiger charge is 2.30. The van der Waals surface area contributed by atoms with E-state index in [4.69, 9.17) is 4.74 Å². The summed E-state index contributed by atoms with van der Waals surface area (Å²) < 4.78 is 4.70. The molecule has 5 heteroatoms. The maximum Gasteiger partial charge on any atom is 0.306 e. The van der Waals surface area contributed by atoms with Gasteiger partial charge in [0.1, 0.15) is 0 Å². The third kappa shape index (κ3) is 6.04. The number of carbonyl (C=O) groups excluding carboxylic acids is 2. The fourth-order valence-electron chi connectivity index (χ4n) is 2.64. The number of likely N-dealkylation sites (tertiary alicyclic amines) is 1. The van der Waals surface area contributed by atoms with Gasteiger partial charge in [0, 0.05) is 31.1 Å². The van der Waals surface area contributed by atoms with Crippen LogP contribution in [0.5, 0.6) is 0 Å². The fourth-order valence-corrected chi connectivity index (χ4v) is 2.64. The van der Waals surface area contributed by atoms with Gasteiger partial charge in [-0.15, -0.1) is 0 Å². The molecule has 1 amide bonds. The molecule has 1 heterocycles. The van der Waals surface area contributed by atoms with Gasteiger partial charge in [0.25, 0.3) is 0 Å². The van der Waals surface area contributed by atoms with Crippen molar-refractivity contribution in [3.05, 3.63) is 0 Å². The Hall–Kier alpha value is -1.10. The van der Waals surface area contributed by atoms with E-state index in [9.17, 15) is 9.59 Å². The number of nitrogens with one attached hydrogen (secondary N) is 1. The van der Waals surface area contributed by atoms with Gasteiger partial charge in [0.05, 0.1) is 13.5 Å². The predicted octanol–water partition coefficient (Wildman–Crippen LogP) is 1.81. The molecule has 1 aliphatic heterocycles. The molecule has 21 heavy (non-hydrogen) atoms. The van der Waals surface area contributed by atoms with Gasteiger partial charge in [-0.05, 0) is 12.3 Å². The Morgan fingerprint density at radius 1 is 1.29 bits per heavy atom. The van der Waals surface area contributed by atoms with E-state index >= 15 is 0 Å². The third-order valence-electron chi connectivity index (χ3n) is 4.07. The minimum Gasteiger partial charge on any atom is -0.469 e. The molecule has 0 aromatic rings. The van der Waals surface area contributed by atoms with Crippen LogP contribution in [0.2, 0.25) is 0 Å². The summed E-state index contributed by atoms with van der Waals surface area (Å²) in [6.45, 7) is 10.5. The molecular weight excluding hydrogens is 268 g/mol. The molecule has 0 aromatic heterocycles. The van der Waals surface area contributed by atoms with E-state index in [2.05, 4.69) is 17.1 Å². The summed E-state index contributed by atoms with van der Waals surface area (Å²) in [7, 11) is 1.42. The molecule has 5 nitrogen and oxygen atoms in total. The summed E-state index contributed by atoms with van der Waals surface area (Å²) in [4.78, 5) is 25.7. The first-order chi connectivity index (χ1) is 9.76. The van der Waals surface area contributed by atoms with Crippen molar-refractivity contribution >= 4 is 11.9 Å². The van der Waals surface area contributed by atoms with Gasteiger partial charge in [-0.1, -0.05) is 34.1 Å². The lowest BCUT2D eigenvalue weighted by molar-refractivity contribution is -0.141. The van der Waals surface area contributed by atoms with E-state index in [1.165, 1.54) is 7.11 Å². The number of rotatable bonds is 5. The normalized spacial score (nSPS) is 23.7. The average Bonchev–Trinajstić information content (AvgIpc) is 2.43. The SMILES string of the molecule is CCC1CC(NC(=O)C(C)(C)C)CN(CCC(=O)OC)C1. The molecular formula is C16H30N2O3. The maximum atomic E-state index is 12.1. The Morgan fingerprint density at radius 2 is 1.95 bits per heavy atom. The van der Waals surface area contributed by atoms with Crippen molar-refractivity contribution in [1.29, 1.82) is 0 Å². The highest BCUT2D eigenvalue weighted by Crippen LogP contribution is 2.21. The maximum absolute atomic E-state index is 12.1. The van der Waals surface area contributed by atoms with Crippen LogP contribution in [0.3, 0.4) is 0 Å².